The SMILES string of the molecule is Oc1c[c]ccc1Cl. The molecule has 1 N–H and O–H groups in total. The van der Waals surface area contributed by atoms with E-state index in [1.165, 1.54) is 6.07 Å². The molecule has 0 spiro atoms. The Morgan fingerprint density at radius 1 is 1.62 bits per heavy atom. The van der Waals surface area contributed by atoms with Crippen molar-refractivity contribution in [3.63, 3.8) is 0 Å². The van der Waals surface area contributed by atoms with Gasteiger partial charge in [-0.25, -0.2) is 0 Å². The molecule has 2 heteroatoms. The van der Waals surface area contributed by atoms with Gasteiger partial charge < -0.3 is 5.11 Å². The van der Waals surface area contributed by atoms with Gasteiger partial charge in [0.2, 0.25) is 0 Å². The fraction of sp³-hybridized carbons (Fsp3) is 0. The number of hydrogen-bond acceptors (Lipinski definition) is 1. The van der Waals surface area contributed by atoms with Crippen molar-refractivity contribution in [2.24, 2.45) is 0 Å². The number of rotatable bonds is 0. The zero-order valence-corrected chi connectivity index (χ0v) is 4.81. The molecule has 0 saturated carbocycles. The molecule has 0 unspecified atom stereocenters. The Morgan fingerprint density at radius 2 is 2.38 bits per heavy atom. The molecule has 0 aliphatic rings. The average molecular weight is 128 g/mol. The second kappa shape index (κ2) is 2.05. The first-order valence-corrected chi connectivity index (χ1v) is 2.53. The fourth-order valence-electron chi connectivity index (χ4n) is 0.403. The molecule has 0 heterocycles. The molecule has 1 nitrogen and oxygen atoms in total. The Bertz CT molecular complexity index is 165. The Labute approximate surface area is 52.5 Å². The maximum absolute atomic E-state index is 8.76. The fourth-order valence-corrected chi connectivity index (χ4v) is 0.520. The Balaban J connectivity index is 3.13. The van der Waals surface area contributed by atoms with Gasteiger partial charge in [0.1, 0.15) is 5.75 Å². The van der Waals surface area contributed by atoms with E-state index in [1.54, 1.807) is 12.1 Å². The van der Waals surface area contributed by atoms with Crippen LogP contribution in [-0.2, 0) is 0 Å². The summed E-state index contributed by atoms with van der Waals surface area (Å²) in [6.07, 6.45) is 0. The molecule has 1 radical (unpaired) electrons. The van der Waals surface area contributed by atoms with Crippen LogP contribution in [0.25, 0.3) is 0 Å². The molecule has 0 amide bonds. The van der Waals surface area contributed by atoms with E-state index in [0.29, 0.717) is 5.02 Å². The molecule has 0 bridgehead atoms. The van der Waals surface area contributed by atoms with Crippen LogP contribution in [0.5, 0.6) is 5.75 Å². The molecule has 0 fully saturated rings. The first kappa shape index (κ1) is 5.45. The van der Waals surface area contributed by atoms with Gasteiger partial charge in [0.05, 0.1) is 5.02 Å². The zero-order valence-electron chi connectivity index (χ0n) is 4.06. The summed E-state index contributed by atoms with van der Waals surface area (Å²) >= 11 is 5.44. The predicted octanol–water partition coefficient (Wildman–Crippen LogP) is 1.85. The molecule has 0 aromatic heterocycles. The van der Waals surface area contributed by atoms with Crippen molar-refractivity contribution < 1.29 is 5.11 Å². The van der Waals surface area contributed by atoms with E-state index >= 15 is 0 Å². The average Bonchev–Trinajstić information content (AvgIpc) is 1.77. The lowest BCUT2D eigenvalue weighted by Gasteiger charge is -1.89. The molecular weight excluding hydrogens is 124 g/mol. The van der Waals surface area contributed by atoms with Crippen LogP contribution >= 0.6 is 11.6 Å². The van der Waals surface area contributed by atoms with E-state index in [4.69, 9.17) is 16.7 Å². The summed E-state index contributed by atoms with van der Waals surface area (Å²) in [5, 5.41) is 9.12. The molecule has 0 atom stereocenters. The van der Waals surface area contributed by atoms with Crippen LogP contribution in [0.3, 0.4) is 0 Å². The summed E-state index contributed by atoms with van der Waals surface area (Å²) in [5.41, 5.74) is 0. The van der Waals surface area contributed by atoms with E-state index in [0.717, 1.165) is 0 Å². The lowest BCUT2D eigenvalue weighted by Crippen LogP contribution is -1.63. The maximum atomic E-state index is 8.76. The van der Waals surface area contributed by atoms with Crippen LogP contribution in [-0.4, -0.2) is 5.11 Å². The molecule has 1 aromatic rings. The van der Waals surface area contributed by atoms with Crippen molar-refractivity contribution in [2.45, 2.75) is 0 Å². The van der Waals surface area contributed by atoms with E-state index in [2.05, 4.69) is 6.07 Å². The minimum absolute atomic E-state index is 0.0779. The van der Waals surface area contributed by atoms with E-state index in [9.17, 15) is 0 Å². The highest BCUT2D eigenvalue weighted by atomic mass is 35.5. The predicted molar refractivity (Wildman–Crippen MR) is 32.0 cm³/mol. The maximum Gasteiger partial charge on any atom is 0.134 e. The summed E-state index contributed by atoms with van der Waals surface area (Å²) in [4.78, 5) is 0. The van der Waals surface area contributed by atoms with Gasteiger partial charge in [-0.2, -0.15) is 0 Å². The van der Waals surface area contributed by atoms with Gasteiger partial charge >= 0.3 is 0 Å². The van der Waals surface area contributed by atoms with Crippen LogP contribution in [0.15, 0.2) is 18.2 Å². The van der Waals surface area contributed by atoms with Crippen LogP contribution in [0.4, 0.5) is 0 Å². The molecule has 1 rings (SSSR count). The molecule has 41 valence electrons. The van der Waals surface area contributed by atoms with Crippen LogP contribution in [0, 0.1) is 6.07 Å². The van der Waals surface area contributed by atoms with Crippen molar-refractivity contribution in [2.75, 3.05) is 0 Å². The van der Waals surface area contributed by atoms with Gasteiger partial charge in [0, 0.05) is 0 Å². The van der Waals surface area contributed by atoms with Crippen LogP contribution < -0.4 is 0 Å². The van der Waals surface area contributed by atoms with Gasteiger partial charge in [0.25, 0.3) is 0 Å². The smallest absolute Gasteiger partial charge is 0.134 e. The second-order valence-electron chi connectivity index (χ2n) is 1.38. The number of phenols is 1. The largest absolute Gasteiger partial charge is 0.506 e. The third-order valence-corrected chi connectivity index (χ3v) is 1.11. The van der Waals surface area contributed by atoms with Gasteiger partial charge in [-0.3, -0.25) is 0 Å². The number of aromatic hydroxyl groups is 1. The van der Waals surface area contributed by atoms with E-state index < -0.39 is 0 Å². The lowest BCUT2D eigenvalue weighted by atomic mass is 10.3. The third-order valence-electron chi connectivity index (χ3n) is 0.791. The van der Waals surface area contributed by atoms with Gasteiger partial charge in [-0.15, -0.1) is 0 Å². The Morgan fingerprint density at radius 3 is 2.75 bits per heavy atom. The third kappa shape index (κ3) is 0.928. The van der Waals surface area contributed by atoms with Crippen LogP contribution in [0.1, 0.15) is 0 Å². The number of hydrogen-bond donors (Lipinski definition) is 1. The normalized spacial score (nSPS) is 9.12. The van der Waals surface area contributed by atoms with Crippen molar-refractivity contribution in [1.82, 2.24) is 0 Å². The van der Waals surface area contributed by atoms with Gasteiger partial charge in [-0.1, -0.05) is 17.7 Å². The van der Waals surface area contributed by atoms with Gasteiger partial charge in [0.15, 0.2) is 0 Å². The Hall–Kier alpha value is -0.690. The minimum Gasteiger partial charge on any atom is -0.506 e. The summed E-state index contributed by atoms with van der Waals surface area (Å²) in [6.45, 7) is 0. The van der Waals surface area contributed by atoms with Crippen molar-refractivity contribution >= 4 is 11.6 Å². The highest BCUT2D eigenvalue weighted by Gasteiger charge is 1.90. The van der Waals surface area contributed by atoms with Crippen molar-refractivity contribution in [1.29, 1.82) is 0 Å². The monoisotopic (exact) mass is 127 g/mol. The van der Waals surface area contributed by atoms with Crippen molar-refractivity contribution in [3.05, 3.63) is 29.3 Å². The lowest BCUT2D eigenvalue weighted by molar-refractivity contribution is 0.475. The summed E-state index contributed by atoms with van der Waals surface area (Å²) in [6, 6.07) is 7.31. The van der Waals surface area contributed by atoms with Crippen LogP contribution in [0.2, 0.25) is 5.02 Å². The summed E-state index contributed by atoms with van der Waals surface area (Å²) in [5.74, 6) is 0.0779. The summed E-state index contributed by atoms with van der Waals surface area (Å²) < 4.78 is 0. The van der Waals surface area contributed by atoms with E-state index in [-0.39, 0.29) is 5.75 Å². The Kier molecular flexibility index (Phi) is 1.40. The van der Waals surface area contributed by atoms with Crippen molar-refractivity contribution in [3.8, 4) is 5.75 Å². The van der Waals surface area contributed by atoms with E-state index in [1.807, 2.05) is 0 Å². The quantitative estimate of drug-likeness (QED) is 0.564. The first-order chi connectivity index (χ1) is 3.80. The number of benzene rings is 1. The number of halogens is 1. The summed E-state index contributed by atoms with van der Waals surface area (Å²) in [7, 11) is 0. The molecular formula is C6H4ClO. The number of phenolic OH excluding ortho intramolecular Hbond substituents is 1. The molecule has 0 aliphatic heterocycles. The topological polar surface area (TPSA) is 20.2 Å². The zero-order chi connectivity index (χ0) is 5.98. The molecule has 0 saturated heterocycles. The highest BCUT2D eigenvalue weighted by Crippen LogP contribution is 2.19. The standard InChI is InChI=1S/C6H4ClO/c7-5-3-1-2-4-6(5)8/h1,3-4,8H. The highest BCUT2D eigenvalue weighted by molar-refractivity contribution is 6.31. The molecule has 0 aliphatic carbocycles. The molecule has 8 heavy (non-hydrogen) atoms. The second-order valence-corrected chi connectivity index (χ2v) is 1.78. The first-order valence-electron chi connectivity index (χ1n) is 2.15. The minimum atomic E-state index is 0.0779. The van der Waals surface area contributed by atoms with Gasteiger partial charge in [-0.05, 0) is 18.2 Å². The molecule has 1 aromatic carbocycles.